The number of carbonyl (C=O) groups is 3. The minimum Gasteiger partial charge on any atom is -0.481 e. The van der Waals surface area contributed by atoms with Crippen molar-refractivity contribution < 1.29 is 19.5 Å². The standard InChI is InChI=1S/C13H23N3O4/c1-2-6-14-11(17)5-7-15-13(20)16-10-4-3-9(8-10)12(18)19/h9-10H,2-8H2,1H3,(H,14,17)(H,18,19)(H2,15,16,20). The number of carboxylic acids is 1. The van der Waals surface area contributed by atoms with Crippen molar-refractivity contribution in [1.29, 1.82) is 0 Å². The third kappa shape index (κ3) is 5.90. The zero-order chi connectivity index (χ0) is 15.0. The van der Waals surface area contributed by atoms with Gasteiger partial charge in [0.15, 0.2) is 0 Å². The van der Waals surface area contributed by atoms with Gasteiger partial charge in [0.25, 0.3) is 0 Å². The summed E-state index contributed by atoms with van der Waals surface area (Å²) < 4.78 is 0. The van der Waals surface area contributed by atoms with E-state index in [1.165, 1.54) is 0 Å². The third-order valence-corrected chi connectivity index (χ3v) is 3.33. The largest absolute Gasteiger partial charge is 0.481 e. The Morgan fingerprint density at radius 3 is 2.50 bits per heavy atom. The van der Waals surface area contributed by atoms with Gasteiger partial charge in [-0.2, -0.15) is 0 Å². The molecule has 0 aromatic rings. The van der Waals surface area contributed by atoms with E-state index >= 15 is 0 Å². The maximum absolute atomic E-state index is 11.6. The highest BCUT2D eigenvalue weighted by Crippen LogP contribution is 2.25. The molecule has 0 aliphatic heterocycles. The third-order valence-electron chi connectivity index (χ3n) is 3.33. The zero-order valence-electron chi connectivity index (χ0n) is 11.8. The molecule has 1 rings (SSSR count). The fourth-order valence-electron chi connectivity index (χ4n) is 2.22. The van der Waals surface area contributed by atoms with E-state index in [2.05, 4.69) is 16.0 Å². The van der Waals surface area contributed by atoms with Gasteiger partial charge in [-0.3, -0.25) is 9.59 Å². The Morgan fingerprint density at radius 2 is 1.90 bits per heavy atom. The Labute approximate surface area is 118 Å². The molecule has 7 heteroatoms. The molecule has 0 spiro atoms. The van der Waals surface area contributed by atoms with Crippen LogP contribution in [-0.4, -0.2) is 42.1 Å². The Balaban J connectivity index is 2.12. The molecular formula is C13H23N3O4. The SMILES string of the molecule is CCCNC(=O)CCNC(=O)NC1CCC(C(=O)O)C1. The molecule has 4 N–H and O–H groups in total. The Bertz CT molecular complexity index is 360. The second kappa shape index (κ2) is 8.39. The van der Waals surface area contributed by atoms with E-state index in [0.717, 1.165) is 6.42 Å². The normalized spacial score (nSPS) is 21.2. The summed E-state index contributed by atoms with van der Waals surface area (Å²) in [5, 5.41) is 16.9. The molecule has 1 fully saturated rings. The summed E-state index contributed by atoms with van der Waals surface area (Å²) in [6, 6.07) is -0.436. The van der Waals surface area contributed by atoms with Crippen LogP contribution in [0.3, 0.4) is 0 Å². The molecule has 0 aromatic heterocycles. The van der Waals surface area contributed by atoms with Crippen molar-refractivity contribution >= 4 is 17.9 Å². The van der Waals surface area contributed by atoms with Crippen LogP contribution in [0.2, 0.25) is 0 Å². The summed E-state index contributed by atoms with van der Waals surface area (Å²) in [5.41, 5.74) is 0. The van der Waals surface area contributed by atoms with Crippen molar-refractivity contribution in [3.05, 3.63) is 0 Å². The predicted octanol–water partition coefficient (Wildman–Crippen LogP) is 0.455. The number of hydrogen-bond donors (Lipinski definition) is 4. The number of carboxylic acid groups (broad SMARTS) is 1. The maximum Gasteiger partial charge on any atom is 0.315 e. The van der Waals surface area contributed by atoms with Gasteiger partial charge in [-0.25, -0.2) is 4.79 Å². The average Bonchev–Trinajstić information content (AvgIpc) is 2.85. The minimum absolute atomic E-state index is 0.0843. The predicted molar refractivity (Wildman–Crippen MR) is 73.2 cm³/mol. The first-order chi connectivity index (χ1) is 9.52. The molecule has 1 aliphatic carbocycles. The molecule has 3 amide bonds. The van der Waals surface area contributed by atoms with E-state index in [1.807, 2.05) is 6.92 Å². The lowest BCUT2D eigenvalue weighted by Crippen LogP contribution is -2.42. The van der Waals surface area contributed by atoms with Gasteiger partial charge < -0.3 is 21.1 Å². The monoisotopic (exact) mass is 285 g/mol. The van der Waals surface area contributed by atoms with Crippen molar-refractivity contribution in [1.82, 2.24) is 16.0 Å². The lowest BCUT2D eigenvalue weighted by atomic mass is 10.1. The zero-order valence-corrected chi connectivity index (χ0v) is 11.8. The van der Waals surface area contributed by atoms with Crippen LogP contribution < -0.4 is 16.0 Å². The van der Waals surface area contributed by atoms with Crippen LogP contribution >= 0.6 is 0 Å². The van der Waals surface area contributed by atoms with Crippen molar-refractivity contribution in [2.24, 2.45) is 5.92 Å². The maximum atomic E-state index is 11.6. The summed E-state index contributed by atoms with van der Waals surface area (Å²) >= 11 is 0. The van der Waals surface area contributed by atoms with E-state index in [1.54, 1.807) is 0 Å². The Kier molecular flexibility index (Phi) is 6.83. The number of amides is 3. The quantitative estimate of drug-likeness (QED) is 0.545. The number of carbonyl (C=O) groups excluding carboxylic acids is 2. The van der Waals surface area contributed by atoms with E-state index in [-0.39, 0.29) is 36.9 Å². The fraction of sp³-hybridized carbons (Fsp3) is 0.769. The van der Waals surface area contributed by atoms with Gasteiger partial charge in [0.05, 0.1) is 5.92 Å². The lowest BCUT2D eigenvalue weighted by Gasteiger charge is -2.13. The molecule has 0 heterocycles. The molecule has 0 saturated heterocycles. The van der Waals surface area contributed by atoms with E-state index < -0.39 is 5.97 Å². The topological polar surface area (TPSA) is 108 Å². The van der Waals surface area contributed by atoms with Gasteiger partial charge in [-0.05, 0) is 25.7 Å². The first kappa shape index (κ1) is 16.3. The molecule has 0 aromatic carbocycles. The number of nitrogens with one attached hydrogen (secondary N) is 3. The van der Waals surface area contributed by atoms with Gasteiger partial charge in [-0.15, -0.1) is 0 Å². The second-order valence-corrected chi connectivity index (χ2v) is 5.05. The van der Waals surface area contributed by atoms with Crippen LogP contribution in [-0.2, 0) is 9.59 Å². The van der Waals surface area contributed by atoms with Crippen LogP contribution in [0.25, 0.3) is 0 Å². The molecule has 0 bridgehead atoms. The molecular weight excluding hydrogens is 262 g/mol. The van der Waals surface area contributed by atoms with E-state index in [9.17, 15) is 14.4 Å². The van der Waals surface area contributed by atoms with Crippen LogP contribution in [0, 0.1) is 5.92 Å². The molecule has 7 nitrogen and oxygen atoms in total. The van der Waals surface area contributed by atoms with Gasteiger partial charge in [0, 0.05) is 25.6 Å². The Morgan fingerprint density at radius 1 is 1.15 bits per heavy atom. The number of urea groups is 1. The van der Waals surface area contributed by atoms with Crippen molar-refractivity contribution in [2.45, 2.75) is 45.1 Å². The first-order valence-electron chi connectivity index (χ1n) is 7.06. The molecule has 0 radical (unpaired) electrons. The van der Waals surface area contributed by atoms with Crippen molar-refractivity contribution in [2.75, 3.05) is 13.1 Å². The van der Waals surface area contributed by atoms with Gasteiger partial charge in [0.1, 0.15) is 0 Å². The number of aliphatic carboxylic acids is 1. The van der Waals surface area contributed by atoms with Crippen LogP contribution in [0.1, 0.15) is 39.0 Å². The van der Waals surface area contributed by atoms with Crippen molar-refractivity contribution in [3.63, 3.8) is 0 Å². The highest BCUT2D eigenvalue weighted by molar-refractivity contribution is 5.78. The molecule has 1 aliphatic rings. The smallest absolute Gasteiger partial charge is 0.315 e. The van der Waals surface area contributed by atoms with Crippen LogP contribution in [0.5, 0.6) is 0 Å². The fourth-order valence-corrected chi connectivity index (χ4v) is 2.22. The minimum atomic E-state index is -0.803. The highest BCUT2D eigenvalue weighted by atomic mass is 16.4. The summed E-state index contributed by atoms with van der Waals surface area (Å²) in [6.07, 6.45) is 2.88. The molecule has 1 saturated carbocycles. The average molecular weight is 285 g/mol. The van der Waals surface area contributed by atoms with E-state index in [4.69, 9.17) is 5.11 Å². The highest BCUT2D eigenvalue weighted by Gasteiger charge is 2.30. The van der Waals surface area contributed by atoms with Gasteiger partial charge >= 0.3 is 12.0 Å². The van der Waals surface area contributed by atoms with Crippen LogP contribution in [0.4, 0.5) is 4.79 Å². The number of rotatable bonds is 7. The summed E-state index contributed by atoms with van der Waals surface area (Å²) in [6.45, 7) is 2.89. The van der Waals surface area contributed by atoms with Gasteiger partial charge in [0.2, 0.25) is 5.91 Å². The van der Waals surface area contributed by atoms with Gasteiger partial charge in [-0.1, -0.05) is 6.92 Å². The summed E-state index contributed by atoms with van der Waals surface area (Å²) in [5.74, 6) is -1.25. The lowest BCUT2D eigenvalue weighted by molar-refractivity contribution is -0.141. The van der Waals surface area contributed by atoms with Crippen LogP contribution in [0.15, 0.2) is 0 Å². The summed E-state index contributed by atoms with van der Waals surface area (Å²) in [4.78, 5) is 33.7. The second-order valence-electron chi connectivity index (χ2n) is 5.05. The van der Waals surface area contributed by atoms with E-state index in [0.29, 0.717) is 25.8 Å². The molecule has 114 valence electrons. The molecule has 20 heavy (non-hydrogen) atoms. The first-order valence-corrected chi connectivity index (χ1v) is 7.06. The number of hydrogen-bond acceptors (Lipinski definition) is 3. The van der Waals surface area contributed by atoms with Crippen molar-refractivity contribution in [3.8, 4) is 0 Å². The molecule has 2 atom stereocenters. The summed E-state index contributed by atoms with van der Waals surface area (Å²) in [7, 11) is 0. The molecule has 2 unspecified atom stereocenters. The Hall–Kier alpha value is -1.79.